The predicted molar refractivity (Wildman–Crippen MR) is 115 cm³/mol. The van der Waals surface area contributed by atoms with Gasteiger partial charge in [-0.15, -0.1) is 11.3 Å². The number of hydrogen-bond donors (Lipinski definition) is 1. The van der Waals surface area contributed by atoms with Crippen LogP contribution in [-0.4, -0.2) is 15.9 Å². The number of anilines is 1. The number of benzene rings is 1. The molecular formula is C23H23F2N3OS. The summed E-state index contributed by atoms with van der Waals surface area (Å²) in [4.78, 5) is 21.1. The molecule has 30 heavy (non-hydrogen) atoms. The largest absolute Gasteiger partial charge is 0.319 e. The Morgan fingerprint density at radius 2 is 1.80 bits per heavy atom. The Balaban J connectivity index is 1.57. The van der Waals surface area contributed by atoms with Crippen LogP contribution in [0, 0.1) is 23.5 Å². The average molecular weight is 428 g/mol. The van der Waals surface area contributed by atoms with Crippen LogP contribution in [0.15, 0.2) is 42.0 Å². The summed E-state index contributed by atoms with van der Waals surface area (Å²) in [6.45, 7) is 4.53. The number of pyridine rings is 1. The molecule has 1 amide bonds. The zero-order valence-corrected chi connectivity index (χ0v) is 17.7. The van der Waals surface area contributed by atoms with Gasteiger partial charge in [-0.25, -0.2) is 13.8 Å². The van der Waals surface area contributed by atoms with E-state index in [1.165, 1.54) is 30.0 Å². The second-order valence-corrected chi connectivity index (χ2v) is 9.02. The summed E-state index contributed by atoms with van der Waals surface area (Å²) in [6, 6.07) is 5.61. The molecule has 4 rings (SSSR count). The van der Waals surface area contributed by atoms with Gasteiger partial charge in [0.05, 0.1) is 17.4 Å². The van der Waals surface area contributed by atoms with Crippen molar-refractivity contribution in [1.82, 2.24) is 9.97 Å². The van der Waals surface area contributed by atoms with Crippen LogP contribution < -0.4 is 5.32 Å². The van der Waals surface area contributed by atoms with E-state index in [0.29, 0.717) is 23.4 Å². The number of nitrogens with zero attached hydrogens (tertiary/aromatic N) is 2. The normalized spacial score (nSPS) is 21.4. The van der Waals surface area contributed by atoms with Gasteiger partial charge in [-0.05, 0) is 60.8 Å². The smallest absolute Gasteiger partial charge is 0.275 e. The highest BCUT2D eigenvalue weighted by atomic mass is 32.1. The van der Waals surface area contributed by atoms with Gasteiger partial charge in [0.1, 0.15) is 22.3 Å². The van der Waals surface area contributed by atoms with E-state index in [1.807, 2.05) is 6.07 Å². The van der Waals surface area contributed by atoms with E-state index in [2.05, 4.69) is 29.1 Å². The van der Waals surface area contributed by atoms with Crippen molar-refractivity contribution in [3.05, 3.63) is 64.9 Å². The van der Waals surface area contributed by atoms with Crippen LogP contribution in [0.25, 0.3) is 10.6 Å². The number of nitrogens with one attached hydrogen (secondary N) is 1. The summed E-state index contributed by atoms with van der Waals surface area (Å²) < 4.78 is 28.1. The second kappa shape index (κ2) is 8.60. The Bertz CT molecular complexity index is 1040. The molecule has 2 aromatic heterocycles. The SMILES string of the molecule is C[C@@H]1C[C@H](C)C[C@H](c2ccncc2NC(=O)c2csc(-c3c(F)cccc3F)n2)C1. The summed E-state index contributed by atoms with van der Waals surface area (Å²) in [5, 5.41) is 4.55. The molecule has 0 aliphatic heterocycles. The van der Waals surface area contributed by atoms with E-state index in [0.717, 1.165) is 29.7 Å². The van der Waals surface area contributed by atoms with Gasteiger partial charge in [0.2, 0.25) is 0 Å². The number of carbonyl (C=O) groups excluding carboxylic acids is 1. The van der Waals surface area contributed by atoms with Gasteiger partial charge in [0.25, 0.3) is 5.91 Å². The second-order valence-electron chi connectivity index (χ2n) is 8.17. The van der Waals surface area contributed by atoms with Crippen molar-refractivity contribution in [2.45, 2.75) is 39.0 Å². The van der Waals surface area contributed by atoms with Crippen LogP contribution in [0.3, 0.4) is 0 Å². The van der Waals surface area contributed by atoms with E-state index in [1.54, 1.807) is 12.4 Å². The summed E-state index contributed by atoms with van der Waals surface area (Å²) >= 11 is 1.04. The zero-order chi connectivity index (χ0) is 21.3. The molecule has 1 N–H and O–H groups in total. The molecule has 3 aromatic rings. The van der Waals surface area contributed by atoms with Gasteiger partial charge in [-0.3, -0.25) is 9.78 Å². The van der Waals surface area contributed by atoms with Crippen molar-refractivity contribution < 1.29 is 13.6 Å². The first-order valence-corrected chi connectivity index (χ1v) is 11.0. The molecular weight excluding hydrogens is 404 g/mol. The lowest BCUT2D eigenvalue weighted by molar-refractivity contribution is 0.102. The van der Waals surface area contributed by atoms with Gasteiger partial charge in [-0.2, -0.15) is 0 Å². The minimum absolute atomic E-state index is 0.123. The lowest BCUT2D eigenvalue weighted by Gasteiger charge is -2.32. The van der Waals surface area contributed by atoms with Gasteiger partial charge < -0.3 is 5.32 Å². The summed E-state index contributed by atoms with van der Waals surface area (Å²) in [6.07, 6.45) is 6.77. The maximum atomic E-state index is 14.0. The van der Waals surface area contributed by atoms with E-state index >= 15 is 0 Å². The lowest BCUT2D eigenvalue weighted by Crippen LogP contribution is -2.20. The molecule has 0 radical (unpaired) electrons. The first-order chi connectivity index (χ1) is 14.4. The number of rotatable bonds is 4. The molecule has 1 aliphatic rings. The van der Waals surface area contributed by atoms with E-state index in [9.17, 15) is 13.6 Å². The zero-order valence-electron chi connectivity index (χ0n) is 16.9. The van der Waals surface area contributed by atoms with Crippen LogP contribution in [0.5, 0.6) is 0 Å². The van der Waals surface area contributed by atoms with Gasteiger partial charge in [-0.1, -0.05) is 19.9 Å². The van der Waals surface area contributed by atoms with Crippen molar-refractivity contribution in [1.29, 1.82) is 0 Å². The van der Waals surface area contributed by atoms with Gasteiger partial charge >= 0.3 is 0 Å². The molecule has 0 bridgehead atoms. The third-order valence-corrected chi connectivity index (χ3v) is 6.49. The molecule has 4 nitrogen and oxygen atoms in total. The van der Waals surface area contributed by atoms with Crippen molar-refractivity contribution in [2.75, 3.05) is 5.32 Å². The first-order valence-electron chi connectivity index (χ1n) is 10.1. The third kappa shape index (κ3) is 4.26. The topological polar surface area (TPSA) is 54.9 Å². The van der Waals surface area contributed by atoms with Crippen LogP contribution in [0.1, 0.15) is 55.1 Å². The monoisotopic (exact) mass is 427 g/mol. The van der Waals surface area contributed by atoms with Gasteiger partial charge in [0.15, 0.2) is 0 Å². The Kier molecular flexibility index (Phi) is 5.90. The van der Waals surface area contributed by atoms with Crippen molar-refractivity contribution in [3.8, 4) is 10.6 Å². The molecule has 2 heterocycles. The highest BCUT2D eigenvalue weighted by Crippen LogP contribution is 2.41. The molecule has 1 fully saturated rings. The van der Waals surface area contributed by atoms with Crippen molar-refractivity contribution in [3.63, 3.8) is 0 Å². The number of hydrogen-bond acceptors (Lipinski definition) is 4. The first kappa shape index (κ1) is 20.6. The number of thiazole rings is 1. The Morgan fingerprint density at radius 1 is 1.10 bits per heavy atom. The van der Waals surface area contributed by atoms with Crippen LogP contribution in [0.2, 0.25) is 0 Å². The highest BCUT2D eigenvalue weighted by Gasteiger charge is 2.27. The molecule has 1 aromatic carbocycles. The molecule has 156 valence electrons. The van der Waals surface area contributed by atoms with Crippen molar-refractivity contribution in [2.24, 2.45) is 11.8 Å². The molecule has 0 unspecified atom stereocenters. The van der Waals surface area contributed by atoms with E-state index < -0.39 is 17.5 Å². The summed E-state index contributed by atoms with van der Waals surface area (Å²) in [5.41, 5.74) is 1.65. The maximum Gasteiger partial charge on any atom is 0.275 e. The van der Waals surface area contributed by atoms with Gasteiger partial charge in [0, 0.05) is 11.6 Å². The summed E-state index contributed by atoms with van der Waals surface area (Å²) in [5.74, 6) is -0.196. The number of carbonyl (C=O) groups is 1. The average Bonchev–Trinajstić information content (AvgIpc) is 3.17. The highest BCUT2D eigenvalue weighted by molar-refractivity contribution is 7.13. The van der Waals surface area contributed by atoms with E-state index in [-0.39, 0.29) is 16.3 Å². The number of amides is 1. The minimum Gasteiger partial charge on any atom is -0.319 e. The molecule has 0 spiro atoms. The molecule has 0 saturated heterocycles. The standard InChI is InChI=1S/C23H23F2N3OS/c1-13-8-14(2)10-15(9-13)16-6-7-26-11-19(16)27-22(29)20-12-30-23(28-20)21-17(24)4-3-5-18(21)25/h3-7,11-15H,8-10H2,1-2H3,(H,27,29)/t13-,14+,15-. The predicted octanol–water partition coefficient (Wildman–Crippen LogP) is 6.28. The molecule has 1 saturated carbocycles. The fraction of sp³-hybridized carbons (Fsp3) is 0.348. The van der Waals surface area contributed by atoms with E-state index in [4.69, 9.17) is 0 Å². The fourth-order valence-electron chi connectivity index (χ4n) is 4.45. The quantitative estimate of drug-likeness (QED) is 0.533. The van der Waals surface area contributed by atoms with Crippen LogP contribution >= 0.6 is 11.3 Å². The Morgan fingerprint density at radius 3 is 2.50 bits per heavy atom. The summed E-state index contributed by atoms with van der Waals surface area (Å²) in [7, 11) is 0. The lowest BCUT2D eigenvalue weighted by atomic mass is 9.74. The number of halogens is 2. The third-order valence-electron chi connectivity index (χ3n) is 5.63. The van der Waals surface area contributed by atoms with Crippen LogP contribution in [-0.2, 0) is 0 Å². The molecule has 1 aliphatic carbocycles. The van der Waals surface area contributed by atoms with Crippen molar-refractivity contribution >= 4 is 22.9 Å². The number of aromatic nitrogens is 2. The molecule has 3 atom stereocenters. The maximum absolute atomic E-state index is 14.0. The Hall–Kier alpha value is -2.67. The van der Waals surface area contributed by atoms with Crippen LogP contribution in [0.4, 0.5) is 14.5 Å². The molecule has 7 heteroatoms. The fourth-order valence-corrected chi connectivity index (χ4v) is 5.29. The minimum atomic E-state index is -0.702. The Labute approximate surface area is 178 Å².